The average Bonchev–Trinajstić information content (AvgIpc) is 2.86. The first-order valence-electron chi connectivity index (χ1n) is 12.0. The van der Waals surface area contributed by atoms with Gasteiger partial charge in [-0.25, -0.2) is 8.42 Å². The van der Waals surface area contributed by atoms with E-state index in [1.165, 1.54) is 4.90 Å². The van der Waals surface area contributed by atoms with Crippen molar-refractivity contribution in [3.05, 3.63) is 59.1 Å². The molecule has 36 heavy (non-hydrogen) atoms. The molecule has 8 nitrogen and oxygen atoms in total. The summed E-state index contributed by atoms with van der Waals surface area (Å²) in [7, 11) is -2.22. The third-order valence-electron chi connectivity index (χ3n) is 6.42. The van der Waals surface area contributed by atoms with Gasteiger partial charge in [0, 0.05) is 17.6 Å². The Morgan fingerprint density at radius 1 is 1.06 bits per heavy atom. The molecule has 0 aliphatic heterocycles. The van der Waals surface area contributed by atoms with Crippen LogP contribution in [-0.2, 0) is 26.2 Å². The Morgan fingerprint density at radius 2 is 1.67 bits per heavy atom. The van der Waals surface area contributed by atoms with Gasteiger partial charge < -0.3 is 15.0 Å². The summed E-state index contributed by atoms with van der Waals surface area (Å²) in [6.45, 7) is 1.37. The van der Waals surface area contributed by atoms with E-state index in [-0.39, 0.29) is 18.5 Å². The van der Waals surface area contributed by atoms with Crippen molar-refractivity contribution in [3.8, 4) is 5.75 Å². The third kappa shape index (κ3) is 7.61. The van der Waals surface area contributed by atoms with Crippen LogP contribution in [0.4, 0.5) is 5.69 Å². The van der Waals surface area contributed by atoms with Crippen LogP contribution in [0.1, 0.15) is 44.6 Å². The fraction of sp³-hybridized carbons (Fsp3) is 0.462. The summed E-state index contributed by atoms with van der Waals surface area (Å²) in [6, 6.07) is 12.7. The fourth-order valence-electron chi connectivity index (χ4n) is 4.30. The largest absolute Gasteiger partial charge is 0.497 e. The first-order valence-corrected chi connectivity index (χ1v) is 14.3. The Labute approximate surface area is 218 Å². The molecule has 0 unspecified atom stereocenters. The molecule has 3 rings (SSSR count). The highest BCUT2D eigenvalue weighted by Crippen LogP contribution is 2.22. The topological polar surface area (TPSA) is 96.0 Å². The van der Waals surface area contributed by atoms with E-state index in [4.69, 9.17) is 16.3 Å². The Hall–Kier alpha value is -2.78. The molecule has 1 atom stereocenters. The summed E-state index contributed by atoms with van der Waals surface area (Å²) < 4.78 is 31.4. The molecule has 2 aromatic rings. The van der Waals surface area contributed by atoms with Gasteiger partial charge in [0.25, 0.3) is 0 Å². The van der Waals surface area contributed by atoms with Crippen molar-refractivity contribution in [1.82, 2.24) is 10.2 Å². The quantitative estimate of drug-likeness (QED) is 0.496. The van der Waals surface area contributed by atoms with Crippen LogP contribution in [-0.4, -0.2) is 57.1 Å². The van der Waals surface area contributed by atoms with Crippen LogP contribution >= 0.6 is 11.6 Å². The summed E-state index contributed by atoms with van der Waals surface area (Å²) in [5.41, 5.74) is 1.11. The van der Waals surface area contributed by atoms with Gasteiger partial charge >= 0.3 is 0 Å². The smallest absolute Gasteiger partial charge is 0.244 e. The van der Waals surface area contributed by atoms with Gasteiger partial charge in [-0.05, 0) is 61.7 Å². The number of nitrogens with one attached hydrogen (secondary N) is 1. The highest BCUT2D eigenvalue weighted by molar-refractivity contribution is 7.92. The zero-order valence-electron chi connectivity index (χ0n) is 20.9. The molecule has 1 aliphatic carbocycles. The van der Waals surface area contributed by atoms with Crippen LogP contribution in [0.5, 0.6) is 5.75 Å². The number of rotatable bonds is 10. The van der Waals surface area contributed by atoms with Gasteiger partial charge in [0.05, 0.1) is 19.1 Å². The minimum atomic E-state index is -3.78. The summed E-state index contributed by atoms with van der Waals surface area (Å²) in [5, 5.41) is 3.53. The lowest BCUT2D eigenvalue weighted by molar-refractivity contribution is -0.139. The molecule has 2 amide bonds. The number of methoxy groups -OCH3 is 1. The van der Waals surface area contributed by atoms with Gasteiger partial charge in [-0.3, -0.25) is 13.9 Å². The number of hydrogen-bond donors (Lipinski definition) is 1. The Balaban J connectivity index is 1.85. The van der Waals surface area contributed by atoms with E-state index in [0.29, 0.717) is 16.5 Å². The van der Waals surface area contributed by atoms with Crippen molar-refractivity contribution in [1.29, 1.82) is 0 Å². The van der Waals surface area contributed by atoms with Crippen molar-refractivity contribution in [3.63, 3.8) is 0 Å². The molecule has 1 N–H and O–H groups in total. The highest BCUT2D eigenvalue weighted by Gasteiger charge is 2.31. The van der Waals surface area contributed by atoms with Crippen molar-refractivity contribution in [2.24, 2.45) is 0 Å². The molecule has 0 bridgehead atoms. The van der Waals surface area contributed by atoms with E-state index >= 15 is 0 Å². The monoisotopic (exact) mass is 535 g/mol. The number of ether oxygens (including phenoxy) is 1. The second kappa shape index (κ2) is 12.5. The summed E-state index contributed by atoms with van der Waals surface area (Å²) >= 11 is 5.96. The third-order valence-corrected chi connectivity index (χ3v) is 7.82. The van der Waals surface area contributed by atoms with Gasteiger partial charge in [-0.15, -0.1) is 0 Å². The Kier molecular flexibility index (Phi) is 9.62. The highest BCUT2D eigenvalue weighted by atomic mass is 35.5. The molecule has 0 radical (unpaired) electrons. The van der Waals surface area contributed by atoms with Crippen molar-refractivity contribution in [2.75, 3.05) is 24.2 Å². The molecular formula is C26H34ClN3O5S. The predicted molar refractivity (Wildman–Crippen MR) is 142 cm³/mol. The second-order valence-corrected chi connectivity index (χ2v) is 11.5. The second-order valence-electron chi connectivity index (χ2n) is 9.14. The predicted octanol–water partition coefficient (Wildman–Crippen LogP) is 3.98. The lowest BCUT2D eigenvalue weighted by Gasteiger charge is -2.33. The molecule has 1 saturated carbocycles. The zero-order valence-corrected chi connectivity index (χ0v) is 22.5. The normalized spacial score (nSPS) is 15.1. The molecule has 2 aromatic carbocycles. The maximum Gasteiger partial charge on any atom is 0.244 e. The number of hydrogen-bond acceptors (Lipinski definition) is 5. The van der Waals surface area contributed by atoms with Crippen LogP contribution in [0.3, 0.4) is 0 Å². The van der Waals surface area contributed by atoms with Crippen LogP contribution in [0.15, 0.2) is 48.5 Å². The number of halogens is 1. The molecule has 0 spiro atoms. The van der Waals surface area contributed by atoms with E-state index in [1.807, 2.05) is 12.1 Å². The van der Waals surface area contributed by atoms with E-state index in [2.05, 4.69) is 5.32 Å². The van der Waals surface area contributed by atoms with Gasteiger partial charge in [-0.1, -0.05) is 43.0 Å². The van der Waals surface area contributed by atoms with Crippen molar-refractivity contribution >= 4 is 39.1 Å². The number of amides is 2. The maximum absolute atomic E-state index is 13.6. The summed E-state index contributed by atoms with van der Waals surface area (Å²) in [5.74, 6) is -0.0654. The van der Waals surface area contributed by atoms with Gasteiger partial charge in [-0.2, -0.15) is 0 Å². The summed E-state index contributed by atoms with van der Waals surface area (Å²) in [6.07, 6.45) is 6.18. The standard InChI is InChI=1S/C26H34ClN3O5S/c1-19(26(32)28-22-7-5-4-6-8-22)29(17-20-9-15-24(35-2)16-10-20)25(31)18-30(36(3,33)34)23-13-11-21(27)12-14-23/h9-16,19,22H,4-8,17-18H2,1-3H3,(H,28,32)/t19-/m1/s1. The number of anilines is 1. The Bertz CT molecular complexity index is 1130. The van der Waals surface area contributed by atoms with E-state index in [9.17, 15) is 18.0 Å². The number of carbonyl (C=O) groups is 2. The van der Waals surface area contributed by atoms with Crippen LogP contribution < -0.4 is 14.4 Å². The van der Waals surface area contributed by atoms with Crippen LogP contribution in [0.2, 0.25) is 5.02 Å². The van der Waals surface area contributed by atoms with E-state index < -0.39 is 28.5 Å². The Morgan fingerprint density at radius 3 is 2.22 bits per heavy atom. The van der Waals surface area contributed by atoms with Crippen molar-refractivity contribution < 1.29 is 22.7 Å². The minimum Gasteiger partial charge on any atom is -0.497 e. The average molecular weight is 536 g/mol. The first kappa shape index (κ1) is 27.8. The van der Waals surface area contributed by atoms with Crippen molar-refractivity contribution in [2.45, 2.75) is 57.7 Å². The number of sulfonamides is 1. The first-order chi connectivity index (χ1) is 17.1. The molecule has 1 fully saturated rings. The molecule has 0 saturated heterocycles. The maximum atomic E-state index is 13.6. The van der Waals surface area contributed by atoms with Gasteiger partial charge in [0.2, 0.25) is 21.8 Å². The van der Waals surface area contributed by atoms with E-state index in [0.717, 1.165) is 48.2 Å². The molecule has 1 aliphatic rings. The van der Waals surface area contributed by atoms with E-state index in [1.54, 1.807) is 50.4 Å². The van der Waals surface area contributed by atoms with Gasteiger partial charge in [0.15, 0.2) is 0 Å². The number of nitrogens with zero attached hydrogens (tertiary/aromatic N) is 2. The number of benzene rings is 2. The molecular weight excluding hydrogens is 502 g/mol. The summed E-state index contributed by atoms with van der Waals surface area (Å²) in [4.78, 5) is 28.2. The van der Waals surface area contributed by atoms with Crippen LogP contribution in [0.25, 0.3) is 0 Å². The van der Waals surface area contributed by atoms with Gasteiger partial charge in [0.1, 0.15) is 18.3 Å². The number of carbonyl (C=O) groups excluding carboxylic acids is 2. The lowest BCUT2D eigenvalue weighted by Crippen LogP contribution is -2.52. The molecule has 196 valence electrons. The minimum absolute atomic E-state index is 0.0909. The lowest BCUT2D eigenvalue weighted by atomic mass is 9.95. The molecule has 10 heteroatoms. The molecule has 0 aromatic heterocycles. The zero-order chi connectivity index (χ0) is 26.3. The fourth-order valence-corrected chi connectivity index (χ4v) is 5.28. The van der Waals surface area contributed by atoms with Crippen LogP contribution in [0, 0.1) is 0 Å². The molecule has 0 heterocycles. The SMILES string of the molecule is COc1ccc(CN(C(=O)CN(c2ccc(Cl)cc2)S(C)(=O)=O)[C@H](C)C(=O)NC2CCCCC2)cc1.